The van der Waals surface area contributed by atoms with Crippen molar-refractivity contribution in [2.45, 2.75) is 13.1 Å². The number of hydrogen-bond acceptors (Lipinski definition) is 4. The number of H-pyrrole nitrogens is 1. The first kappa shape index (κ1) is 17.4. The molecular weight excluding hydrogens is 367 g/mol. The molecule has 2 aromatic heterocycles. The second-order valence-corrected chi connectivity index (χ2v) is 6.42. The number of aromatic nitrogens is 5. The molecule has 0 radical (unpaired) electrons. The minimum Gasteiger partial charge on any atom is -0.307 e. The number of rotatable bonds is 6. The fourth-order valence-electron chi connectivity index (χ4n) is 2.74. The summed E-state index contributed by atoms with van der Waals surface area (Å²) in [5, 5.41) is 19.7. The summed E-state index contributed by atoms with van der Waals surface area (Å²) in [5.41, 5.74) is 4.16. The summed E-state index contributed by atoms with van der Waals surface area (Å²) in [7, 11) is 0. The van der Waals surface area contributed by atoms with Gasteiger partial charge in [0.1, 0.15) is 5.82 Å². The molecular formula is C19H16ClFN6. The summed E-state index contributed by atoms with van der Waals surface area (Å²) < 4.78 is 13.5. The highest BCUT2D eigenvalue weighted by Crippen LogP contribution is 2.21. The highest BCUT2D eigenvalue weighted by Gasteiger charge is 2.09. The van der Waals surface area contributed by atoms with Crippen molar-refractivity contribution in [1.29, 1.82) is 0 Å². The summed E-state index contributed by atoms with van der Waals surface area (Å²) in [6.45, 7) is 1.11. The van der Waals surface area contributed by atoms with Crippen LogP contribution in [0.25, 0.3) is 16.9 Å². The van der Waals surface area contributed by atoms with E-state index in [1.165, 1.54) is 12.1 Å². The molecule has 2 heterocycles. The van der Waals surface area contributed by atoms with E-state index in [1.54, 1.807) is 35.4 Å². The third kappa shape index (κ3) is 4.05. The molecule has 6 nitrogen and oxygen atoms in total. The van der Waals surface area contributed by atoms with Gasteiger partial charge in [-0.1, -0.05) is 23.7 Å². The van der Waals surface area contributed by atoms with Gasteiger partial charge in [-0.2, -0.15) is 20.1 Å². The number of aromatic amines is 1. The van der Waals surface area contributed by atoms with Gasteiger partial charge in [-0.25, -0.2) is 4.39 Å². The van der Waals surface area contributed by atoms with Gasteiger partial charge in [-0.15, -0.1) is 0 Å². The smallest absolute Gasteiger partial charge is 0.123 e. The molecule has 4 aromatic rings. The van der Waals surface area contributed by atoms with Crippen LogP contribution in [0.3, 0.4) is 0 Å². The minimum atomic E-state index is -0.278. The van der Waals surface area contributed by atoms with Crippen LogP contribution < -0.4 is 5.32 Å². The predicted octanol–water partition coefficient (Wildman–Crippen LogP) is 3.74. The van der Waals surface area contributed by atoms with Crippen molar-refractivity contribution in [2.75, 3.05) is 0 Å². The van der Waals surface area contributed by atoms with E-state index in [1.807, 2.05) is 18.2 Å². The third-order valence-corrected chi connectivity index (χ3v) is 4.30. The molecule has 0 aliphatic carbocycles. The molecule has 0 aliphatic heterocycles. The van der Waals surface area contributed by atoms with E-state index >= 15 is 0 Å². The van der Waals surface area contributed by atoms with Crippen molar-refractivity contribution < 1.29 is 4.39 Å². The molecule has 2 N–H and O–H groups in total. The molecule has 2 aromatic carbocycles. The summed E-state index contributed by atoms with van der Waals surface area (Å²) in [6, 6.07) is 13.7. The fraction of sp³-hybridized carbons (Fsp3) is 0.105. The Morgan fingerprint density at radius 3 is 2.74 bits per heavy atom. The summed E-state index contributed by atoms with van der Waals surface area (Å²) in [5.74, 6) is -0.278. The third-order valence-electron chi connectivity index (χ3n) is 4.05. The lowest BCUT2D eigenvalue weighted by atomic mass is 10.1. The van der Waals surface area contributed by atoms with Gasteiger partial charge in [0.05, 0.1) is 29.5 Å². The van der Waals surface area contributed by atoms with Gasteiger partial charge in [0.25, 0.3) is 0 Å². The molecule has 0 aliphatic rings. The molecule has 0 saturated carbocycles. The van der Waals surface area contributed by atoms with Crippen LogP contribution in [0.5, 0.6) is 0 Å². The Labute approximate surface area is 160 Å². The Hall–Kier alpha value is -3.03. The Kier molecular flexibility index (Phi) is 4.95. The summed E-state index contributed by atoms with van der Waals surface area (Å²) in [6.07, 6.45) is 3.45. The zero-order valence-electron chi connectivity index (χ0n) is 14.2. The first-order valence-electron chi connectivity index (χ1n) is 8.35. The lowest BCUT2D eigenvalue weighted by molar-refractivity contribution is 0.628. The lowest BCUT2D eigenvalue weighted by Crippen LogP contribution is -2.13. The Bertz CT molecular complexity index is 1040. The average molecular weight is 383 g/mol. The Morgan fingerprint density at radius 1 is 1.07 bits per heavy atom. The standard InChI is InChI=1S/C19H16ClFN6/c20-15-4-6-18(7-5-15)27-24-12-17(26-27)11-22-9-14-10-23-25-19(14)13-2-1-3-16(21)8-13/h1-8,10,12,22H,9,11H2,(H,23,25). The van der Waals surface area contributed by atoms with E-state index in [0.717, 1.165) is 28.2 Å². The van der Waals surface area contributed by atoms with Gasteiger partial charge < -0.3 is 5.32 Å². The van der Waals surface area contributed by atoms with Gasteiger partial charge >= 0.3 is 0 Å². The Morgan fingerprint density at radius 2 is 1.93 bits per heavy atom. The SMILES string of the molecule is Fc1cccc(-c2[nH]ncc2CNCc2cnn(-c3ccc(Cl)cc3)n2)c1. The maximum absolute atomic E-state index is 13.5. The molecule has 0 saturated heterocycles. The normalized spacial score (nSPS) is 11.0. The van der Waals surface area contributed by atoms with Crippen LogP contribution in [0.2, 0.25) is 5.02 Å². The maximum Gasteiger partial charge on any atom is 0.123 e. The molecule has 0 amide bonds. The summed E-state index contributed by atoms with van der Waals surface area (Å²) in [4.78, 5) is 1.56. The van der Waals surface area contributed by atoms with Gasteiger partial charge in [0.2, 0.25) is 0 Å². The second kappa shape index (κ2) is 7.69. The largest absolute Gasteiger partial charge is 0.307 e. The zero-order valence-corrected chi connectivity index (χ0v) is 15.0. The monoisotopic (exact) mass is 382 g/mol. The Balaban J connectivity index is 1.40. The van der Waals surface area contributed by atoms with Crippen molar-refractivity contribution in [3.63, 3.8) is 0 Å². The van der Waals surface area contributed by atoms with Gasteiger partial charge in [0.15, 0.2) is 0 Å². The first-order chi connectivity index (χ1) is 13.2. The van der Waals surface area contributed by atoms with E-state index in [-0.39, 0.29) is 5.82 Å². The van der Waals surface area contributed by atoms with Crippen LogP contribution >= 0.6 is 11.6 Å². The van der Waals surface area contributed by atoms with Crippen LogP contribution in [0.4, 0.5) is 4.39 Å². The fourth-order valence-corrected chi connectivity index (χ4v) is 2.86. The molecule has 0 bridgehead atoms. The van der Waals surface area contributed by atoms with Gasteiger partial charge in [-0.05, 0) is 36.4 Å². The van der Waals surface area contributed by atoms with Crippen molar-refractivity contribution in [3.8, 4) is 16.9 Å². The number of halogens is 2. The molecule has 27 heavy (non-hydrogen) atoms. The first-order valence-corrected chi connectivity index (χ1v) is 8.73. The minimum absolute atomic E-state index is 0.278. The van der Waals surface area contributed by atoms with Crippen LogP contribution in [0, 0.1) is 5.82 Å². The molecule has 4 rings (SSSR count). The van der Waals surface area contributed by atoms with Crippen LogP contribution in [0.1, 0.15) is 11.3 Å². The van der Waals surface area contributed by atoms with Gasteiger partial charge in [-0.3, -0.25) is 5.10 Å². The molecule has 136 valence electrons. The molecule has 0 atom stereocenters. The zero-order chi connectivity index (χ0) is 18.6. The van der Waals surface area contributed by atoms with Crippen molar-refractivity contribution in [2.24, 2.45) is 0 Å². The highest BCUT2D eigenvalue weighted by molar-refractivity contribution is 6.30. The number of nitrogens with zero attached hydrogens (tertiary/aromatic N) is 4. The number of benzene rings is 2. The van der Waals surface area contributed by atoms with E-state index in [4.69, 9.17) is 11.6 Å². The van der Waals surface area contributed by atoms with Gasteiger partial charge in [0, 0.05) is 29.2 Å². The number of nitrogens with one attached hydrogen (secondary N) is 2. The van der Waals surface area contributed by atoms with E-state index in [9.17, 15) is 4.39 Å². The van der Waals surface area contributed by atoms with Crippen molar-refractivity contribution in [3.05, 3.63) is 83.0 Å². The van der Waals surface area contributed by atoms with E-state index in [2.05, 4.69) is 25.7 Å². The summed E-state index contributed by atoms with van der Waals surface area (Å²) >= 11 is 5.90. The quantitative estimate of drug-likeness (QED) is 0.533. The topological polar surface area (TPSA) is 71.4 Å². The molecule has 0 fully saturated rings. The van der Waals surface area contributed by atoms with Crippen LogP contribution in [-0.4, -0.2) is 25.2 Å². The van der Waals surface area contributed by atoms with Crippen molar-refractivity contribution >= 4 is 11.6 Å². The molecule has 0 spiro atoms. The molecule has 0 unspecified atom stereocenters. The predicted molar refractivity (Wildman–Crippen MR) is 101 cm³/mol. The maximum atomic E-state index is 13.5. The number of hydrogen-bond donors (Lipinski definition) is 2. The van der Waals surface area contributed by atoms with E-state index in [0.29, 0.717) is 18.1 Å². The molecule has 8 heteroatoms. The van der Waals surface area contributed by atoms with E-state index < -0.39 is 0 Å². The highest BCUT2D eigenvalue weighted by atomic mass is 35.5. The second-order valence-electron chi connectivity index (χ2n) is 5.99. The van der Waals surface area contributed by atoms with Crippen molar-refractivity contribution in [1.82, 2.24) is 30.5 Å². The lowest BCUT2D eigenvalue weighted by Gasteiger charge is -2.05. The van der Waals surface area contributed by atoms with Crippen LogP contribution in [0.15, 0.2) is 60.9 Å². The van der Waals surface area contributed by atoms with Crippen LogP contribution in [-0.2, 0) is 13.1 Å². The average Bonchev–Trinajstić information content (AvgIpc) is 3.32.